The minimum Gasteiger partial charge on any atom is -0.385 e. The highest BCUT2D eigenvalue weighted by Gasteiger charge is 2.34. The van der Waals surface area contributed by atoms with Gasteiger partial charge in [-0.1, -0.05) is 84.4 Å². The number of tetrazole rings is 1. The highest BCUT2D eigenvalue weighted by Crippen LogP contribution is 2.36. The van der Waals surface area contributed by atoms with Crippen LogP contribution in [0.3, 0.4) is 0 Å². The number of carbonyl (C=O) groups is 1. The summed E-state index contributed by atoms with van der Waals surface area (Å²) < 4.78 is 0. The number of H-pyrrole nitrogens is 1. The molecule has 3 N–H and O–H groups in total. The number of nitrogens with zero attached hydrogens (tertiary/aromatic N) is 5. The van der Waals surface area contributed by atoms with Gasteiger partial charge in [0, 0.05) is 36.0 Å². The molecule has 0 aliphatic carbocycles. The number of hydrogen-bond donors (Lipinski definition) is 3. The van der Waals surface area contributed by atoms with Gasteiger partial charge in [0.05, 0.1) is 17.7 Å². The average molecular weight is 546 g/mol. The highest BCUT2D eigenvalue weighted by molar-refractivity contribution is 5.93. The Bertz CT molecular complexity index is 1630. The minimum absolute atomic E-state index is 0.109. The van der Waals surface area contributed by atoms with Gasteiger partial charge in [-0.05, 0) is 47.4 Å². The summed E-state index contributed by atoms with van der Waals surface area (Å²) in [6, 6.07) is 29.3. The van der Waals surface area contributed by atoms with Crippen LogP contribution in [0.15, 0.2) is 91.0 Å². The predicted molar refractivity (Wildman–Crippen MR) is 158 cm³/mol. The molecule has 9 nitrogen and oxygen atoms in total. The van der Waals surface area contributed by atoms with Gasteiger partial charge in [0.25, 0.3) is 0 Å². The van der Waals surface area contributed by atoms with Crippen molar-refractivity contribution in [3.05, 3.63) is 108 Å². The quantitative estimate of drug-likeness (QED) is 0.266. The number of amides is 1. The summed E-state index contributed by atoms with van der Waals surface area (Å²) in [5.41, 5.74) is 5.11. The van der Waals surface area contributed by atoms with Crippen molar-refractivity contribution in [1.29, 1.82) is 0 Å². The molecule has 6 rings (SSSR count). The second-order valence-electron chi connectivity index (χ2n) is 10.5. The van der Waals surface area contributed by atoms with E-state index in [1.165, 1.54) is 0 Å². The molecule has 41 heavy (non-hydrogen) atoms. The molecular formula is C32H31N7O2. The molecule has 0 spiro atoms. The fourth-order valence-corrected chi connectivity index (χ4v) is 5.31. The number of rotatable bonds is 7. The lowest BCUT2D eigenvalue weighted by Crippen LogP contribution is -2.43. The van der Waals surface area contributed by atoms with Crippen molar-refractivity contribution in [2.45, 2.75) is 31.8 Å². The Balaban J connectivity index is 1.32. The first-order valence-corrected chi connectivity index (χ1v) is 13.7. The lowest BCUT2D eigenvalue weighted by atomic mass is 9.84. The molecule has 5 aromatic rings. The SMILES string of the molecule is Cc1ccc(CC(=O)Nc2cc(-c3ccccc3-c3nnn[nH]3)nc(N3CCC(O)(c4ccccc4)CC3)c2)cc1. The molecule has 0 saturated carbocycles. The van der Waals surface area contributed by atoms with Crippen LogP contribution in [-0.4, -0.2) is 49.7 Å². The van der Waals surface area contributed by atoms with E-state index >= 15 is 0 Å². The molecule has 9 heteroatoms. The van der Waals surface area contributed by atoms with Crippen molar-refractivity contribution >= 4 is 17.4 Å². The van der Waals surface area contributed by atoms with Crippen LogP contribution in [0, 0.1) is 6.92 Å². The van der Waals surface area contributed by atoms with E-state index in [-0.39, 0.29) is 12.3 Å². The van der Waals surface area contributed by atoms with Gasteiger partial charge in [0.2, 0.25) is 5.91 Å². The Morgan fingerprint density at radius 3 is 2.37 bits per heavy atom. The molecule has 2 aromatic heterocycles. The Labute approximate surface area is 238 Å². The molecule has 0 bridgehead atoms. The van der Waals surface area contributed by atoms with Gasteiger partial charge >= 0.3 is 0 Å². The Hall–Kier alpha value is -4.89. The number of benzene rings is 3. The van der Waals surface area contributed by atoms with Crippen molar-refractivity contribution in [2.75, 3.05) is 23.3 Å². The second-order valence-corrected chi connectivity index (χ2v) is 10.5. The maximum atomic E-state index is 13.1. The molecule has 0 radical (unpaired) electrons. The third kappa shape index (κ3) is 5.85. The number of anilines is 2. The fourth-order valence-electron chi connectivity index (χ4n) is 5.31. The molecule has 1 saturated heterocycles. The molecule has 1 aliphatic rings. The number of piperidine rings is 1. The minimum atomic E-state index is -0.883. The zero-order valence-corrected chi connectivity index (χ0v) is 22.8. The van der Waals surface area contributed by atoms with E-state index in [1.807, 2.05) is 97.9 Å². The first kappa shape index (κ1) is 26.3. The normalized spacial score (nSPS) is 14.5. The van der Waals surface area contributed by atoms with E-state index in [1.54, 1.807) is 0 Å². The molecule has 1 aliphatic heterocycles. The maximum absolute atomic E-state index is 13.1. The molecule has 0 unspecified atom stereocenters. The highest BCUT2D eigenvalue weighted by atomic mass is 16.3. The van der Waals surface area contributed by atoms with Gasteiger partial charge in [-0.2, -0.15) is 0 Å². The first-order chi connectivity index (χ1) is 20.0. The average Bonchev–Trinajstić information content (AvgIpc) is 3.54. The second kappa shape index (κ2) is 11.3. The van der Waals surface area contributed by atoms with E-state index in [0.717, 1.165) is 33.6 Å². The van der Waals surface area contributed by atoms with Crippen LogP contribution in [0.25, 0.3) is 22.6 Å². The number of aromatic amines is 1. The number of hydrogen-bond acceptors (Lipinski definition) is 7. The Kier molecular flexibility index (Phi) is 7.26. The Morgan fingerprint density at radius 1 is 0.951 bits per heavy atom. The molecule has 3 heterocycles. The van der Waals surface area contributed by atoms with Gasteiger partial charge in [-0.3, -0.25) is 4.79 Å². The summed E-state index contributed by atoms with van der Waals surface area (Å²) in [5, 5.41) is 28.9. The summed E-state index contributed by atoms with van der Waals surface area (Å²) >= 11 is 0. The van der Waals surface area contributed by atoms with Gasteiger partial charge in [0.15, 0.2) is 5.82 Å². The van der Waals surface area contributed by atoms with Crippen molar-refractivity contribution in [1.82, 2.24) is 25.6 Å². The van der Waals surface area contributed by atoms with Crippen molar-refractivity contribution in [3.8, 4) is 22.6 Å². The van der Waals surface area contributed by atoms with Crippen LogP contribution in [0.1, 0.15) is 29.5 Å². The number of aryl methyl sites for hydroxylation is 1. The van der Waals surface area contributed by atoms with Gasteiger partial charge in [-0.15, -0.1) is 5.10 Å². The van der Waals surface area contributed by atoms with Crippen LogP contribution in [0.4, 0.5) is 11.5 Å². The zero-order valence-electron chi connectivity index (χ0n) is 22.8. The predicted octanol–water partition coefficient (Wildman–Crippen LogP) is 4.91. The van der Waals surface area contributed by atoms with Crippen LogP contribution < -0.4 is 10.2 Å². The molecule has 1 amide bonds. The summed E-state index contributed by atoms with van der Waals surface area (Å²) in [6.07, 6.45) is 1.40. The summed E-state index contributed by atoms with van der Waals surface area (Å²) in [4.78, 5) is 20.3. The molecular weight excluding hydrogens is 514 g/mol. The van der Waals surface area contributed by atoms with Crippen LogP contribution in [0.2, 0.25) is 0 Å². The molecule has 3 aromatic carbocycles. The van der Waals surface area contributed by atoms with Crippen LogP contribution >= 0.6 is 0 Å². The number of carbonyl (C=O) groups excluding carboxylic acids is 1. The van der Waals surface area contributed by atoms with Crippen LogP contribution in [-0.2, 0) is 16.8 Å². The van der Waals surface area contributed by atoms with Crippen molar-refractivity contribution < 1.29 is 9.90 Å². The fraction of sp³-hybridized carbons (Fsp3) is 0.219. The molecule has 0 atom stereocenters. The maximum Gasteiger partial charge on any atom is 0.228 e. The Morgan fingerprint density at radius 2 is 1.66 bits per heavy atom. The zero-order chi connectivity index (χ0) is 28.2. The summed E-state index contributed by atoms with van der Waals surface area (Å²) in [6.45, 7) is 3.26. The van der Waals surface area contributed by atoms with E-state index in [4.69, 9.17) is 4.98 Å². The van der Waals surface area contributed by atoms with Gasteiger partial charge in [-0.25, -0.2) is 10.1 Å². The summed E-state index contributed by atoms with van der Waals surface area (Å²) in [7, 11) is 0. The topological polar surface area (TPSA) is 120 Å². The standard InChI is InChI=1S/C32H31N7O2/c1-22-11-13-23(14-12-22)19-30(40)33-25-20-28(26-9-5-6-10-27(26)31-35-37-38-36-31)34-29(21-25)39-17-15-32(41,16-18-39)24-7-3-2-4-8-24/h2-14,20-21,41H,15-19H2,1H3,(H,33,34,40)(H,35,36,37,38). The molecule has 1 fully saturated rings. The number of aliphatic hydroxyl groups is 1. The van der Waals surface area contributed by atoms with E-state index in [2.05, 4.69) is 30.8 Å². The smallest absolute Gasteiger partial charge is 0.228 e. The number of aromatic nitrogens is 5. The number of pyridine rings is 1. The lowest BCUT2D eigenvalue weighted by Gasteiger charge is -2.39. The third-order valence-corrected chi connectivity index (χ3v) is 7.61. The van der Waals surface area contributed by atoms with Crippen molar-refractivity contribution in [2.24, 2.45) is 0 Å². The van der Waals surface area contributed by atoms with E-state index in [9.17, 15) is 9.90 Å². The number of nitrogens with one attached hydrogen (secondary N) is 2. The first-order valence-electron chi connectivity index (χ1n) is 13.7. The summed E-state index contributed by atoms with van der Waals surface area (Å²) in [5.74, 6) is 1.15. The molecule has 206 valence electrons. The third-order valence-electron chi connectivity index (χ3n) is 7.61. The van der Waals surface area contributed by atoms with Crippen molar-refractivity contribution in [3.63, 3.8) is 0 Å². The lowest BCUT2D eigenvalue weighted by molar-refractivity contribution is -0.115. The van der Waals surface area contributed by atoms with Gasteiger partial charge < -0.3 is 15.3 Å². The van der Waals surface area contributed by atoms with E-state index in [0.29, 0.717) is 43.1 Å². The van der Waals surface area contributed by atoms with Gasteiger partial charge in [0.1, 0.15) is 5.82 Å². The monoisotopic (exact) mass is 545 g/mol. The largest absolute Gasteiger partial charge is 0.385 e. The van der Waals surface area contributed by atoms with E-state index < -0.39 is 5.60 Å². The van der Waals surface area contributed by atoms with Crippen LogP contribution in [0.5, 0.6) is 0 Å².